The molecule has 2 amide bonds. The molecule has 1 fully saturated rings. The molecule has 2 atom stereocenters. The van der Waals surface area contributed by atoms with E-state index in [-0.39, 0.29) is 52.3 Å². The van der Waals surface area contributed by atoms with E-state index in [2.05, 4.69) is 10.3 Å². The number of hydrogen-bond acceptors (Lipinski definition) is 8. The van der Waals surface area contributed by atoms with Crippen LogP contribution in [-0.4, -0.2) is 71.8 Å². The Bertz CT molecular complexity index is 1550. The van der Waals surface area contributed by atoms with Crippen molar-refractivity contribution in [3.8, 4) is 28.5 Å². The third-order valence-electron chi connectivity index (χ3n) is 6.76. The summed E-state index contributed by atoms with van der Waals surface area (Å²) in [5.74, 6) is -2.60. The van der Waals surface area contributed by atoms with Crippen LogP contribution in [0.15, 0.2) is 48.5 Å². The number of halogens is 5. The molecule has 0 spiro atoms. The molecule has 5 N–H and O–H groups in total. The summed E-state index contributed by atoms with van der Waals surface area (Å²) in [4.78, 5) is 28.9. The highest BCUT2D eigenvalue weighted by molar-refractivity contribution is 5.95. The van der Waals surface area contributed by atoms with Gasteiger partial charge >= 0.3 is 6.18 Å². The summed E-state index contributed by atoms with van der Waals surface area (Å²) < 4.78 is 87.3. The number of aromatic nitrogens is 1. The Kier molecular flexibility index (Phi) is 10.7. The number of pyridine rings is 1. The van der Waals surface area contributed by atoms with Crippen LogP contribution in [-0.2, 0) is 16.8 Å². The largest absolute Gasteiger partial charge is 0.488 e. The predicted octanol–water partition coefficient (Wildman–Crippen LogP) is 3.74. The first kappa shape index (κ1) is 34.4. The topological polar surface area (TPSA) is 153 Å². The van der Waals surface area contributed by atoms with Crippen LogP contribution < -0.4 is 25.3 Å². The van der Waals surface area contributed by atoms with Gasteiger partial charge in [-0.1, -0.05) is 0 Å². The number of carbonyl (C=O) groups is 2. The van der Waals surface area contributed by atoms with E-state index in [4.69, 9.17) is 19.9 Å². The smallest absolute Gasteiger partial charge is 0.424 e. The van der Waals surface area contributed by atoms with Crippen LogP contribution in [0.5, 0.6) is 17.2 Å². The number of benzene rings is 2. The minimum Gasteiger partial charge on any atom is -0.488 e. The molecule has 0 radical (unpaired) electrons. The second-order valence-electron chi connectivity index (χ2n) is 10.7. The van der Waals surface area contributed by atoms with E-state index in [1.165, 1.54) is 37.3 Å². The lowest BCUT2D eigenvalue weighted by molar-refractivity contribution is -0.265. The molecule has 1 aromatic heterocycles. The fraction of sp³-hybridized carbons (Fsp3) is 0.387. The molecule has 15 heteroatoms. The maximum atomic E-state index is 14.6. The Morgan fingerprint density at radius 3 is 2.37 bits per heavy atom. The number of nitrogens with one attached hydrogen (secondary N) is 1. The van der Waals surface area contributed by atoms with Crippen molar-refractivity contribution in [3.05, 3.63) is 71.2 Å². The lowest BCUT2D eigenvalue weighted by atomic mass is 9.93. The number of primary amides is 1. The Morgan fingerprint density at radius 2 is 1.78 bits per heavy atom. The van der Waals surface area contributed by atoms with Crippen molar-refractivity contribution in [1.82, 2.24) is 10.3 Å². The van der Waals surface area contributed by atoms with Gasteiger partial charge in [-0.25, -0.2) is 13.8 Å². The maximum absolute atomic E-state index is 14.6. The van der Waals surface area contributed by atoms with E-state index in [0.29, 0.717) is 0 Å². The number of nitrogens with two attached hydrogens (primary N) is 1. The molecule has 4 rings (SSSR count). The molecule has 248 valence electrons. The number of alkyl halides is 4. The zero-order chi connectivity index (χ0) is 33.6. The summed E-state index contributed by atoms with van der Waals surface area (Å²) in [5.41, 5.74) is -0.248. The second-order valence-corrected chi connectivity index (χ2v) is 10.7. The second kappa shape index (κ2) is 14.3. The zero-order valence-electron chi connectivity index (χ0n) is 24.6. The number of amides is 2. The van der Waals surface area contributed by atoms with Crippen LogP contribution in [0, 0.1) is 5.82 Å². The van der Waals surface area contributed by atoms with Gasteiger partial charge in [0.15, 0.2) is 11.5 Å². The first-order valence-electron chi connectivity index (χ1n) is 14.2. The van der Waals surface area contributed by atoms with Crippen molar-refractivity contribution < 1.29 is 56.0 Å². The molecule has 3 aromatic rings. The van der Waals surface area contributed by atoms with Gasteiger partial charge in [0.1, 0.15) is 37.1 Å². The Hall–Kier alpha value is -4.50. The quantitative estimate of drug-likeness (QED) is 0.181. The van der Waals surface area contributed by atoms with Crippen molar-refractivity contribution in [2.45, 2.75) is 50.2 Å². The monoisotopic (exact) mass is 653 g/mol. The highest BCUT2D eigenvalue weighted by Crippen LogP contribution is 2.42. The van der Waals surface area contributed by atoms with Crippen LogP contribution in [0.3, 0.4) is 0 Å². The number of rotatable bonds is 15. The van der Waals surface area contributed by atoms with Gasteiger partial charge < -0.3 is 35.5 Å². The summed E-state index contributed by atoms with van der Waals surface area (Å²) in [6.07, 6.45) is -5.53. The fourth-order valence-corrected chi connectivity index (χ4v) is 4.30. The average molecular weight is 654 g/mol. The molecule has 1 heterocycles. The summed E-state index contributed by atoms with van der Waals surface area (Å²) in [6, 6.07) is 8.97. The molecule has 1 saturated carbocycles. The summed E-state index contributed by atoms with van der Waals surface area (Å²) in [5, 5.41) is 22.8. The minimum atomic E-state index is -5.43. The van der Waals surface area contributed by atoms with E-state index >= 15 is 0 Å². The normalized spacial score (nSPS) is 15.0. The SMILES string of the molecule is C[C@@H](O)COc1ccc(C(=O)NC[C@](O)(c2cc(CC(N)=O)c(OCCF)c(-c3ccc(F)cc3)n2)C(F)(F)F)cc1OC1CC1. The van der Waals surface area contributed by atoms with Crippen molar-refractivity contribution in [1.29, 1.82) is 0 Å². The summed E-state index contributed by atoms with van der Waals surface area (Å²) >= 11 is 0. The first-order valence-corrected chi connectivity index (χ1v) is 14.2. The van der Waals surface area contributed by atoms with Crippen LogP contribution in [0.25, 0.3) is 11.3 Å². The molecule has 0 aliphatic heterocycles. The van der Waals surface area contributed by atoms with Crippen LogP contribution >= 0.6 is 0 Å². The number of carbonyl (C=O) groups excluding carboxylic acids is 2. The summed E-state index contributed by atoms with van der Waals surface area (Å²) in [6.45, 7) is -1.56. The van der Waals surface area contributed by atoms with Gasteiger partial charge in [0.05, 0.1) is 30.9 Å². The van der Waals surface area contributed by atoms with Gasteiger partial charge in [0.25, 0.3) is 5.91 Å². The predicted molar refractivity (Wildman–Crippen MR) is 154 cm³/mol. The van der Waals surface area contributed by atoms with Gasteiger partial charge in [-0.2, -0.15) is 13.2 Å². The van der Waals surface area contributed by atoms with Crippen molar-refractivity contribution in [2.75, 3.05) is 26.4 Å². The van der Waals surface area contributed by atoms with Gasteiger partial charge in [-0.3, -0.25) is 9.59 Å². The molecule has 0 unspecified atom stereocenters. The van der Waals surface area contributed by atoms with Crippen molar-refractivity contribution in [3.63, 3.8) is 0 Å². The fourth-order valence-electron chi connectivity index (χ4n) is 4.30. The number of aliphatic hydroxyl groups is 2. The molecular weight excluding hydrogens is 621 g/mol. The number of ether oxygens (including phenoxy) is 3. The van der Waals surface area contributed by atoms with Gasteiger partial charge in [-0.05, 0) is 68.3 Å². The first-order chi connectivity index (χ1) is 21.7. The van der Waals surface area contributed by atoms with Gasteiger partial charge in [0, 0.05) is 16.7 Å². The zero-order valence-corrected chi connectivity index (χ0v) is 24.6. The van der Waals surface area contributed by atoms with Gasteiger partial charge in [-0.15, -0.1) is 0 Å². The Labute approximate surface area is 260 Å². The lowest BCUT2D eigenvalue weighted by Crippen LogP contribution is -2.51. The lowest BCUT2D eigenvalue weighted by Gasteiger charge is -2.31. The van der Waals surface area contributed by atoms with Crippen LogP contribution in [0.1, 0.15) is 41.4 Å². The molecule has 0 saturated heterocycles. The van der Waals surface area contributed by atoms with Crippen molar-refractivity contribution >= 4 is 11.8 Å². The van der Waals surface area contributed by atoms with Gasteiger partial charge in [0.2, 0.25) is 11.5 Å². The minimum absolute atomic E-state index is 0.0254. The highest BCUT2D eigenvalue weighted by Gasteiger charge is 2.56. The molecule has 0 bridgehead atoms. The number of nitrogens with zero attached hydrogens (tertiary/aromatic N) is 1. The number of aliphatic hydroxyl groups excluding tert-OH is 1. The molecule has 1 aliphatic rings. The molecule has 10 nitrogen and oxygen atoms in total. The van der Waals surface area contributed by atoms with Crippen LogP contribution in [0.4, 0.5) is 22.0 Å². The summed E-state index contributed by atoms with van der Waals surface area (Å²) in [7, 11) is 0. The third kappa shape index (κ3) is 8.40. The maximum Gasteiger partial charge on any atom is 0.424 e. The third-order valence-corrected chi connectivity index (χ3v) is 6.76. The standard InChI is InChI=1S/C31H32F5N3O7/c1-17(40)15-45-23-9-4-19(12-24(23)46-22-7-8-22)29(42)38-16-30(43,31(34,35)36)25-13-20(14-26(37)41)28(44-11-10-32)27(39-25)18-2-5-21(33)6-3-18/h2-6,9,12-13,17,22,40,43H,7-8,10-11,14-16H2,1H3,(H2,37,41)(H,38,42)/t17-,30+/m1/s1. The molecular formula is C31H32F5N3O7. The number of hydrogen-bond donors (Lipinski definition) is 4. The van der Waals surface area contributed by atoms with Crippen molar-refractivity contribution in [2.24, 2.45) is 5.73 Å². The van der Waals surface area contributed by atoms with E-state index in [9.17, 15) is 41.8 Å². The molecule has 1 aliphatic carbocycles. The molecule has 46 heavy (non-hydrogen) atoms. The van der Waals surface area contributed by atoms with E-state index in [1.807, 2.05) is 0 Å². The van der Waals surface area contributed by atoms with E-state index in [0.717, 1.165) is 31.0 Å². The Balaban J connectivity index is 1.72. The van der Waals surface area contributed by atoms with Crippen LogP contribution in [0.2, 0.25) is 0 Å². The van der Waals surface area contributed by atoms with E-state index < -0.39 is 67.5 Å². The average Bonchev–Trinajstić information content (AvgIpc) is 3.81. The van der Waals surface area contributed by atoms with E-state index in [1.54, 1.807) is 0 Å². The molecule has 2 aromatic carbocycles. The highest BCUT2D eigenvalue weighted by atomic mass is 19.4. The Morgan fingerprint density at radius 1 is 1.09 bits per heavy atom.